The first-order chi connectivity index (χ1) is 9.44. The molecule has 2 aromatic heterocycles. The van der Waals surface area contributed by atoms with Crippen molar-refractivity contribution in [3.63, 3.8) is 0 Å². The van der Waals surface area contributed by atoms with Gasteiger partial charge in [-0.1, -0.05) is 6.07 Å². The fraction of sp³-hybridized carbons (Fsp3) is 0.0909. The van der Waals surface area contributed by atoms with Gasteiger partial charge in [0.1, 0.15) is 15.6 Å². The first-order valence-corrected chi connectivity index (χ1v) is 7.61. The second-order valence-corrected chi connectivity index (χ2v) is 6.12. The van der Waals surface area contributed by atoms with E-state index in [4.69, 9.17) is 0 Å². The lowest BCUT2D eigenvalue weighted by atomic mass is 10.5. The summed E-state index contributed by atoms with van der Waals surface area (Å²) < 4.78 is 43.8. The molecule has 0 aliphatic heterocycles. The van der Waals surface area contributed by atoms with Crippen LogP contribution in [0.1, 0.15) is 9.67 Å². The summed E-state index contributed by atoms with van der Waals surface area (Å²) in [7, 11) is -2.89. The Hall–Kier alpha value is -2.00. The number of anilines is 1. The quantitative estimate of drug-likeness (QED) is 0.687. The topological polar surface area (TPSA) is 85.4 Å². The number of esters is 1. The monoisotopic (exact) mass is 316 g/mol. The van der Waals surface area contributed by atoms with Crippen LogP contribution in [0.25, 0.3) is 0 Å². The molecule has 0 atom stereocenters. The van der Waals surface area contributed by atoms with Crippen LogP contribution >= 0.6 is 11.3 Å². The smallest absolute Gasteiger partial charge is 0.349 e. The van der Waals surface area contributed by atoms with E-state index in [0.29, 0.717) is 0 Å². The average molecular weight is 316 g/mol. The second-order valence-electron chi connectivity index (χ2n) is 3.56. The van der Waals surface area contributed by atoms with Gasteiger partial charge in [0, 0.05) is 0 Å². The van der Waals surface area contributed by atoms with E-state index in [1.54, 1.807) is 0 Å². The Morgan fingerprint density at radius 3 is 2.80 bits per heavy atom. The van der Waals surface area contributed by atoms with Crippen molar-refractivity contribution in [3.8, 4) is 0 Å². The fourth-order valence-electron chi connectivity index (χ4n) is 1.41. The number of halogens is 1. The van der Waals surface area contributed by atoms with Gasteiger partial charge in [0.05, 0.1) is 7.11 Å². The molecule has 0 saturated carbocycles. The predicted octanol–water partition coefficient (Wildman–Crippen LogP) is 1.87. The number of methoxy groups -OCH3 is 1. The highest BCUT2D eigenvalue weighted by Crippen LogP contribution is 2.24. The molecular formula is C11H9FN2O4S2. The van der Waals surface area contributed by atoms with Crippen LogP contribution in [-0.4, -0.2) is 26.5 Å². The molecule has 0 aromatic carbocycles. The van der Waals surface area contributed by atoms with Gasteiger partial charge in [-0.25, -0.2) is 18.2 Å². The van der Waals surface area contributed by atoms with Crippen molar-refractivity contribution in [2.45, 2.75) is 4.90 Å². The predicted molar refractivity (Wildman–Crippen MR) is 70.7 cm³/mol. The first kappa shape index (κ1) is 14.4. The van der Waals surface area contributed by atoms with E-state index >= 15 is 0 Å². The van der Waals surface area contributed by atoms with Gasteiger partial charge < -0.3 is 4.74 Å². The van der Waals surface area contributed by atoms with E-state index < -0.39 is 21.9 Å². The molecule has 6 nitrogen and oxygen atoms in total. The Labute approximate surface area is 118 Å². The second kappa shape index (κ2) is 5.55. The lowest BCUT2D eigenvalue weighted by molar-refractivity contribution is 0.0602. The molecule has 0 bridgehead atoms. The Morgan fingerprint density at radius 1 is 1.40 bits per heavy atom. The number of hydrogen-bond donors (Lipinski definition) is 1. The van der Waals surface area contributed by atoms with E-state index in [0.717, 1.165) is 24.5 Å². The SMILES string of the molecule is COC(=O)c1sccc1S(=O)(=O)Nc1cccc(F)n1. The van der Waals surface area contributed by atoms with Gasteiger partial charge in [0.2, 0.25) is 5.95 Å². The lowest BCUT2D eigenvalue weighted by Gasteiger charge is -2.07. The molecule has 0 spiro atoms. The molecule has 2 rings (SSSR count). The van der Waals surface area contributed by atoms with Gasteiger partial charge in [-0.2, -0.15) is 4.39 Å². The summed E-state index contributed by atoms with van der Waals surface area (Å²) >= 11 is 0.935. The minimum atomic E-state index is -4.04. The minimum absolute atomic E-state index is 0.0589. The number of rotatable bonds is 4. The molecule has 9 heteroatoms. The standard InChI is InChI=1S/C11H9FN2O4S2/c1-18-11(15)10-7(5-6-19-10)20(16,17)14-9-4-2-3-8(12)13-9/h2-6H,1H3,(H,13,14). The van der Waals surface area contributed by atoms with Gasteiger partial charge in [-0.05, 0) is 23.6 Å². The summed E-state index contributed by atoms with van der Waals surface area (Å²) in [5, 5.41) is 1.44. The lowest BCUT2D eigenvalue weighted by Crippen LogP contribution is -2.16. The number of thiophene rings is 1. The van der Waals surface area contributed by atoms with Crippen molar-refractivity contribution >= 4 is 33.1 Å². The van der Waals surface area contributed by atoms with Crippen LogP contribution in [-0.2, 0) is 14.8 Å². The molecule has 0 saturated heterocycles. The molecule has 1 N–H and O–H groups in total. The Balaban J connectivity index is 2.36. The molecule has 0 aliphatic carbocycles. The zero-order valence-corrected chi connectivity index (χ0v) is 11.8. The molecule has 2 heterocycles. The molecule has 20 heavy (non-hydrogen) atoms. The van der Waals surface area contributed by atoms with Gasteiger partial charge in [-0.3, -0.25) is 4.72 Å². The number of carbonyl (C=O) groups excluding carboxylic acids is 1. The minimum Gasteiger partial charge on any atom is -0.465 e. The van der Waals surface area contributed by atoms with Crippen molar-refractivity contribution in [1.29, 1.82) is 0 Å². The van der Waals surface area contributed by atoms with Crippen LogP contribution < -0.4 is 4.72 Å². The van der Waals surface area contributed by atoms with Gasteiger partial charge >= 0.3 is 5.97 Å². The van der Waals surface area contributed by atoms with Crippen molar-refractivity contribution in [3.05, 3.63) is 40.5 Å². The summed E-state index contributed by atoms with van der Waals surface area (Å²) in [6.45, 7) is 0. The van der Waals surface area contributed by atoms with Gasteiger partial charge in [-0.15, -0.1) is 11.3 Å². The molecule has 0 radical (unpaired) electrons. The largest absolute Gasteiger partial charge is 0.465 e. The molecule has 0 aliphatic rings. The number of hydrogen-bond acceptors (Lipinski definition) is 6. The highest BCUT2D eigenvalue weighted by Gasteiger charge is 2.25. The third-order valence-electron chi connectivity index (χ3n) is 2.24. The number of ether oxygens (including phenoxy) is 1. The van der Waals surface area contributed by atoms with E-state index in [1.807, 2.05) is 0 Å². The van der Waals surface area contributed by atoms with Gasteiger partial charge in [0.25, 0.3) is 10.0 Å². The third-order valence-corrected chi connectivity index (χ3v) is 4.66. The number of nitrogens with one attached hydrogen (secondary N) is 1. The first-order valence-electron chi connectivity index (χ1n) is 5.25. The Morgan fingerprint density at radius 2 is 2.15 bits per heavy atom. The summed E-state index contributed by atoms with van der Waals surface area (Å²) in [6, 6.07) is 4.96. The highest BCUT2D eigenvalue weighted by atomic mass is 32.2. The molecule has 0 unspecified atom stereocenters. The average Bonchev–Trinajstić information content (AvgIpc) is 2.87. The van der Waals surface area contributed by atoms with Crippen molar-refractivity contribution in [1.82, 2.24) is 4.98 Å². The summed E-state index contributed by atoms with van der Waals surface area (Å²) in [4.78, 5) is 14.6. The van der Waals surface area contributed by atoms with Crippen molar-refractivity contribution in [2.24, 2.45) is 0 Å². The summed E-state index contributed by atoms with van der Waals surface area (Å²) in [6.07, 6.45) is 0. The van der Waals surface area contributed by atoms with Crippen LogP contribution in [0.5, 0.6) is 0 Å². The van der Waals surface area contributed by atoms with Crippen molar-refractivity contribution < 1.29 is 22.3 Å². The van der Waals surface area contributed by atoms with E-state index in [2.05, 4.69) is 14.4 Å². The molecule has 0 amide bonds. The fourth-order valence-corrected chi connectivity index (χ4v) is 3.75. The van der Waals surface area contributed by atoms with Crippen LogP contribution in [0.4, 0.5) is 10.2 Å². The summed E-state index contributed by atoms with van der Waals surface area (Å²) in [5.74, 6) is -1.75. The van der Waals surface area contributed by atoms with E-state index in [1.165, 1.54) is 23.6 Å². The molecule has 0 fully saturated rings. The number of nitrogens with zero attached hydrogens (tertiary/aromatic N) is 1. The van der Waals surface area contributed by atoms with Crippen LogP contribution in [0.3, 0.4) is 0 Å². The maximum absolute atomic E-state index is 12.9. The molecular weight excluding hydrogens is 307 g/mol. The highest BCUT2D eigenvalue weighted by molar-refractivity contribution is 7.93. The third kappa shape index (κ3) is 2.94. The van der Waals surface area contributed by atoms with E-state index in [9.17, 15) is 17.6 Å². The van der Waals surface area contributed by atoms with E-state index in [-0.39, 0.29) is 15.6 Å². The van der Waals surface area contributed by atoms with Crippen LogP contribution in [0.2, 0.25) is 0 Å². The zero-order valence-electron chi connectivity index (χ0n) is 10.2. The Bertz CT molecular complexity index is 742. The maximum Gasteiger partial charge on any atom is 0.349 e. The van der Waals surface area contributed by atoms with Crippen molar-refractivity contribution in [2.75, 3.05) is 11.8 Å². The van der Waals surface area contributed by atoms with Gasteiger partial charge in [0.15, 0.2) is 0 Å². The molecule has 2 aromatic rings. The number of sulfonamides is 1. The number of pyridine rings is 1. The Kier molecular flexibility index (Phi) is 4.00. The van der Waals surface area contributed by atoms with Crippen LogP contribution in [0, 0.1) is 5.95 Å². The number of carbonyl (C=O) groups is 1. The van der Waals surface area contributed by atoms with Crippen LogP contribution in [0.15, 0.2) is 34.5 Å². The maximum atomic E-state index is 12.9. The zero-order chi connectivity index (χ0) is 14.8. The summed E-state index contributed by atoms with van der Waals surface area (Å²) in [5.41, 5.74) is 0. The normalized spacial score (nSPS) is 11.1. The number of aromatic nitrogens is 1. The molecule has 106 valence electrons.